The quantitative estimate of drug-likeness (QED) is 0.470. The van der Waals surface area contributed by atoms with Gasteiger partial charge in [0.1, 0.15) is 11.6 Å². The van der Waals surface area contributed by atoms with E-state index in [-0.39, 0.29) is 0 Å². The molecule has 0 aromatic heterocycles. The lowest BCUT2D eigenvalue weighted by atomic mass is 9.90. The maximum atomic E-state index is 13.5. The molecular formula is C17H10F8O. The summed E-state index contributed by atoms with van der Waals surface area (Å²) >= 11 is 0. The predicted octanol–water partition coefficient (Wildman–Crippen LogP) is 5.85. The Labute approximate surface area is 142 Å². The molecule has 0 spiro atoms. The summed E-state index contributed by atoms with van der Waals surface area (Å²) in [5.41, 5.74) is -7.47. The molecule has 0 saturated carbocycles. The largest absolute Gasteiger partial charge is 0.417 e. The smallest absolute Gasteiger partial charge is 0.289 e. The molecule has 2 rings (SSSR count). The van der Waals surface area contributed by atoms with Gasteiger partial charge in [0.2, 0.25) is 0 Å². The number of rotatable bonds is 2. The van der Waals surface area contributed by atoms with E-state index in [9.17, 15) is 39.9 Å². The summed E-state index contributed by atoms with van der Waals surface area (Å²) in [4.78, 5) is 12.5. The average molecular weight is 382 g/mol. The average Bonchev–Trinajstić information content (AvgIpc) is 2.49. The van der Waals surface area contributed by atoms with Gasteiger partial charge in [-0.05, 0) is 49.2 Å². The molecule has 0 atom stereocenters. The van der Waals surface area contributed by atoms with Crippen molar-refractivity contribution in [2.24, 2.45) is 0 Å². The SMILES string of the molecule is Cc1c(F)ccc(C(=O)c2ccc(F)c(C)c2C(F)(F)F)c1C(F)(F)F. The summed E-state index contributed by atoms with van der Waals surface area (Å²) in [6.07, 6.45) is -10.4. The predicted molar refractivity (Wildman–Crippen MR) is 75.7 cm³/mol. The van der Waals surface area contributed by atoms with Crippen molar-refractivity contribution in [2.75, 3.05) is 0 Å². The molecular weight excluding hydrogens is 372 g/mol. The number of hydrogen-bond acceptors (Lipinski definition) is 1. The fourth-order valence-electron chi connectivity index (χ4n) is 2.63. The molecule has 0 radical (unpaired) electrons. The lowest BCUT2D eigenvalue weighted by Gasteiger charge is -2.19. The molecule has 0 saturated heterocycles. The van der Waals surface area contributed by atoms with Crippen molar-refractivity contribution in [1.29, 1.82) is 0 Å². The summed E-state index contributed by atoms with van der Waals surface area (Å²) in [5, 5.41) is 0. The minimum absolute atomic E-state index is 0.465. The monoisotopic (exact) mass is 382 g/mol. The van der Waals surface area contributed by atoms with E-state index in [0.29, 0.717) is 24.3 Å². The van der Waals surface area contributed by atoms with Crippen LogP contribution >= 0.6 is 0 Å². The molecule has 0 heterocycles. The fourth-order valence-corrected chi connectivity index (χ4v) is 2.63. The molecule has 0 bridgehead atoms. The third-order valence-electron chi connectivity index (χ3n) is 3.85. The van der Waals surface area contributed by atoms with Crippen LogP contribution in [0.2, 0.25) is 0 Å². The Morgan fingerprint density at radius 2 is 1.00 bits per heavy atom. The topological polar surface area (TPSA) is 17.1 Å². The van der Waals surface area contributed by atoms with Crippen molar-refractivity contribution < 1.29 is 39.9 Å². The zero-order chi connectivity index (χ0) is 20.0. The van der Waals surface area contributed by atoms with Gasteiger partial charge in [0, 0.05) is 11.1 Å². The summed E-state index contributed by atoms with van der Waals surface area (Å²) in [6, 6.07) is 2.04. The van der Waals surface area contributed by atoms with Crippen LogP contribution in [0.25, 0.3) is 0 Å². The van der Waals surface area contributed by atoms with E-state index in [2.05, 4.69) is 0 Å². The highest BCUT2D eigenvalue weighted by Crippen LogP contribution is 2.40. The molecule has 0 aliphatic carbocycles. The lowest BCUT2D eigenvalue weighted by molar-refractivity contribution is -0.138. The van der Waals surface area contributed by atoms with E-state index in [4.69, 9.17) is 0 Å². The zero-order valence-corrected chi connectivity index (χ0v) is 13.2. The lowest BCUT2D eigenvalue weighted by Crippen LogP contribution is -2.21. The molecule has 0 aliphatic heterocycles. The highest BCUT2D eigenvalue weighted by Gasteiger charge is 2.42. The van der Waals surface area contributed by atoms with E-state index >= 15 is 0 Å². The molecule has 140 valence electrons. The van der Waals surface area contributed by atoms with Crippen LogP contribution in [-0.4, -0.2) is 5.78 Å². The molecule has 2 aromatic carbocycles. The highest BCUT2D eigenvalue weighted by molar-refractivity contribution is 6.11. The normalized spacial score (nSPS) is 12.4. The fraction of sp³-hybridized carbons (Fsp3) is 0.235. The van der Waals surface area contributed by atoms with E-state index in [1.807, 2.05) is 0 Å². The Hall–Kier alpha value is -2.45. The van der Waals surface area contributed by atoms with Crippen LogP contribution in [0.15, 0.2) is 24.3 Å². The summed E-state index contributed by atoms with van der Waals surface area (Å²) in [7, 11) is 0. The van der Waals surface area contributed by atoms with Crippen LogP contribution in [0.4, 0.5) is 35.1 Å². The highest BCUT2D eigenvalue weighted by atomic mass is 19.4. The van der Waals surface area contributed by atoms with Gasteiger partial charge in [-0.2, -0.15) is 26.3 Å². The molecule has 0 amide bonds. The van der Waals surface area contributed by atoms with Gasteiger partial charge in [0.05, 0.1) is 11.1 Å². The Kier molecular flexibility index (Phi) is 4.87. The summed E-state index contributed by atoms with van der Waals surface area (Å²) < 4.78 is 106. The first-order valence-corrected chi connectivity index (χ1v) is 7.04. The van der Waals surface area contributed by atoms with Crippen LogP contribution < -0.4 is 0 Å². The van der Waals surface area contributed by atoms with Gasteiger partial charge in [0.25, 0.3) is 0 Å². The second kappa shape index (κ2) is 6.37. The van der Waals surface area contributed by atoms with Crippen molar-refractivity contribution in [3.05, 3.63) is 69.3 Å². The second-order valence-electron chi connectivity index (χ2n) is 5.51. The Balaban J connectivity index is 2.81. The van der Waals surface area contributed by atoms with Gasteiger partial charge in [-0.25, -0.2) is 8.78 Å². The van der Waals surface area contributed by atoms with Crippen molar-refractivity contribution in [2.45, 2.75) is 26.2 Å². The van der Waals surface area contributed by atoms with E-state index in [0.717, 1.165) is 13.8 Å². The molecule has 0 unspecified atom stereocenters. The number of ketones is 1. The molecule has 0 fully saturated rings. The first-order chi connectivity index (χ1) is 11.8. The summed E-state index contributed by atoms with van der Waals surface area (Å²) in [5.74, 6) is -4.16. The van der Waals surface area contributed by atoms with Crippen molar-refractivity contribution in [3.8, 4) is 0 Å². The van der Waals surface area contributed by atoms with Crippen LogP contribution in [0.3, 0.4) is 0 Å². The summed E-state index contributed by atoms with van der Waals surface area (Å²) in [6.45, 7) is 1.52. The maximum Gasteiger partial charge on any atom is 0.417 e. The molecule has 2 aromatic rings. The van der Waals surface area contributed by atoms with Crippen molar-refractivity contribution >= 4 is 5.78 Å². The number of alkyl halides is 6. The van der Waals surface area contributed by atoms with Gasteiger partial charge in [0.15, 0.2) is 5.78 Å². The number of carbonyl (C=O) groups excluding carboxylic acids is 1. The number of carbonyl (C=O) groups is 1. The molecule has 0 aliphatic rings. The maximum absolute atomic E-state index is 13.5. The second-order valence-corrected chi connectivity index (χ2v) is 5.51. The molecule has 26 heavy (non-hydrogen) atoms. The standard InChI is InChI=1S/C17H10F8O/c1-7-11(18)5-3-9(13(7)16(20,21)22)15(26)10-4-6-12(19)8(2)14(10)17(23,24)25/h3-6H,1-2H3. The van der Waals surface area contributed by atoms with Gasteiger partial charge < -0.3 is 0 Å². The number of halogens is 8. The minimum Gasteiger partial charge on any atom is -0.289 e. The first-order valence-electron chi connectivity index (χ1n) is 7.04. The van der Waals surface area contributed by atoms with Gasteiger partial charge in [-0.3, -0.25) is 4.79 Å². The third kappa shape index (κ3) is 3.42. The molecule has 1 nitrogen and oxygen atoms in total. The Bertz CT molecular complexity index is 806. The number of benzene rings is 2. The van der Waals surface area contributed by atoms with Crippen LogP contribution in [0.1, 0.15) is 38.2 Å². The Morgan fingerprint density at radius 3 is 1.27 bits per heavy atom. The van der Waals surface area contributed by atoms with Crippen LogP contribution in [-0.2, 0) is 12.4 Å². The van der Waals surface area contributed by atoms with E-state index in [1.54, 1.807) is 0 Å². The van der Waals surface area contributed by atoms with Gasteiger partial charge in [-0.1, -0.05) is 0 Å². The third-order valence-corrected chi connectivity index (χ3v) is 3.85. The van der Waals surface area contributed by atoms with Crippen molar-refractivity contribution in [3.63, 3.8) is 0 Å². The Morgan fingerprint density at radius 1 is 0.692 bits per heavy atom. The molecule has 0 N–H and O–H groups in total. The van der Waals surface area contributed by atoms with E-state index in [1.165, 1.54) is 0 Å². The zero-order valence-electron chi connectivity index (χ0n) is 13.2. The van der Waals surface area contributed by atoms with E-state index < -0.39 is 63.2 Å². The number of hydrogen-bond donors (Lipinski definition) is 0. The van der Waals surface area contributed by atoms with Crippen LogP contribution in [0, 0.1) is 25.5 Å². The molecule has 9 heteroatoms. The van der Waals surface area contributed by atoms with Gasteiger partial charge >= 0.3 is 12.4 Å². The minimum atomic E-state index is -5.18. The van der Waals surface area contributed by atoms with Crippen LogP contribution in [0.5, 0.6) is 0 Å². The van der Waals surface area contributed by atoms with Crippen molar-refractivity contribution in [1.82, 2.24) is 0 Å². The van der Waals surface area contributed by atoms with Gasteiger partial charge in [-0.15, -0.1) is 0 Å². The first kappa shape index (κ1) is 19.9.